The molecule has 4 aromatic rings. The van der Waals surface area contributed by atoms with Gasteiger partial charge in [-0.05, 0) is 51.3 Å². The summed E-state index contributed by atoms with van der Waals surface area (Å²) >= 11 is 3.46. The van der Waals surface area contributed by atoms with Crippen LogP contribution in [0.1, 0.15) is 11.3 Å². The Kier molecular flexibility index (Phi) is 4.85. The van der Waals surface area contributed by atoms with E-state index in [0.717, 1.165) is 37.9 Å². The van der Waals surface area contributed by atoms with Crippen molar-refractivity contribution in [2.24, 2.45) is 0 Å². The van der Waals surface area contributed by atoms with Crippen LogP contribution in [0, 0.1) is 0 Å². The maximum Gasteiger partial charge on any atom is 0.573 e. The van der Waals surface area contributed by atoms with Crippen molar-refractivity contribution >= 4 is 26.8 Å². The summed E-state index contributed by atoms with van der Waals surface area (Å²) in [6.45, 7) is 0. The van der Waals surface area contributed by atoms with Gasteiger partial charge in [-0.1, -0.05) is 36.4 Å². The summed E-state index contributed by atoms with van der Waals surface area (Å²) in [5.41, 5.74) is 4.73. The van der Waals surface area contributed by atoms with Crippen molar-refractivity contribution in [1.29, 1.82) is 0 Å². The Hall–Kier alpha value is -2.80. The first-order valence-electron chi connectivity index (χ1n) is 8.45. The smallest absolute Gasteiger partial charge is 0.406 e. The van der Waals surface area contributed by atoms with Crippen molar-refractivity contribution in [2.45, 2.75) is 12.8 Å². The van der Waals surface area contributed by atoms with Crippen LogP contribution >= 0.6 is 15.9 Å². The molecule has 0 aliphatic heterocycles. The molecule has 0 aliphatic rings. The molecule has 28 heavy (non-hydrogen) atoms. The van der Waals surface area contributed by atoms with Crippen LogP contribution < -0.4 is 4.74 Å². The van der Waals surface area contributed by atoms with Gasteiger partial charge < -0.3 is 9.72 Å². The summed E-state index contributed by atoms with van der Waals surface area (Å²) in [5, 5.41) is 1.03. The summed E-state index contributed by atoms with van der Waals surface area (Å²) in [4.78, 5) is 7.67. The number of halogens is 4. The molecule has 0 aliphatic carbocycles. The van der Waals surface area contributed by atoms with E-state index in [1.54, 1.807) is 18.3 Å². The summed E-state index contributed by atoms with van der Waals surface area (Å²) < 4.78 is 41.8. The molecule has 1 N–H and O–H groups in total. The van der Waals surface area contributed by atoms with E-state index in [0.29, 0.717) is 6.42 Å². The van der Waals surface area contributed by atoms with E-state index in [1.807, 2.05) is 30.3 Å². The fraction of sp³-hybridized carbons (Fsp3) is 0.0952. The van der Waals surface area contributed by atoms with Crippen LogP contribution in [0.2, 0.25) is 0 Å². The number of fused-ring (bicyclic) bond motifs is 1. The van der Waals surface area contributed by atoms with Gasteiger partial charge in [0.1, 0.15) is 10.4 Å². The van der Waals surface area contributed by atoms with E-state index in [2.05, 4.69) is 36.7 Å². The van der Waals surface area contributed by atoms with E-state index in [1.165, 1.54) is 12.1 Å². The summed E-state index contributed by atoms with van der Waals surface area (Å²) in [7, 11) is 0. The molecule has 0 unspecified atom stereocenters. The highest BCUT2D eigenvalue weighted by molar-refractivity contribution is 9.10. The number of nitrogens with one attached hydrogen (secondary N) is 1. The van der Waals surface area contributed by atoms with Gasteiger partial charge in [-0.15, -0.1) is 13.2 Å². The molecule has 0 saturated heterocycles. The number of nitrogens with zero attached hydrogens (tertiary/aromatic N) is 1. The van der Waals surface area contributed by atoms with Gasteiger partial charge in [0, 0.05) is 29.3 Å². The standard InChI is InChI=1S/C21H14BrF3N2O/c22-20-15(4-2-10-26-20)12-16-11-14-3-1-5-18(19(14)27-16)13-6-8-17(9-7-13)28-21(23,24)25/h1-11,27H,12H2. The zero-order valence-electron chi connectivity index (χ0n) is 14.4. The molecular formula is C21H14BrF3N2O. The minimum absolute atomic E-state index is 0.239. The Bertz CT molecular complexity index is 1120. The minimum atomic E-state index is -4.70. The predicted molar refractivity (Wildman–Crippen MR) is 105 cm³/mol. The third kappa shape index (κ3) is 4.04. The number of para-hydroxylation sites is 1. The molecule has 0 atom stereocenters. The predicted octanol–water partition coefficient (Wildman–Crippen LogP) is 6.48. The molecule has 7 heteroatoms. The highest BCUT2D eigenvalue weighted by atomic mass is 79.9. The van der Waals surface area contributed by atoms with Crippen molar-refractivity contribution in [3.05, 3.63) is 82.7 Å². The van der Waals surface area contributed by atoms with Crippen LogP contribution in [0.25, 0.3) is 22.0 Å². The molecule has 3 nitrogen and oxygen atoms in total. The van der Waals surface area contributed by atoms with Gasteiger partial charge in [0.15, 0.2) is 0 Å². The number of hydrogen-bond acceptors (Lipinski definition) is 2. The van der Waals surface area contributed by atoms with E-state index >= 15 is 0 Å². The van der Waals surface area contributed by atoms with Gasteiger partial charge in [0.25, 0.3) is 0 Å². The Morgan fingerprint density at radius 2 is 1.79 bits per heavy atom. The van der Waals surface area contributed by atoms with Gasteiger partial charge in [0.2, 0.25) is 0 Å². The second kappa shape index (κ2) is 7.31. The lowest BCUT2D eigenvalue weighted by Crippen LogP contribution is -2.16. The Labute approximate surface area is 167 Å². The van der Waals surface area contributed by atoms with Gasteiger partial charge >= 0.3 is 6.36 Å². The molecule has 2 heterocycles. The monoisotopic (exact) mass is 446 g/mol. The first-order chi connectivity index (χ1) is 13.4. The van der Waals surface area contributed by atoms with Crippen molar-refractivity contribution in [3.63, 3.8) is 0 Å². The first kappa shape index (κ1) is 18.6. The van der Waals surface area contributed by atoms with Crippen molar-refractivity contribution < 1.29 is 17.9 Å². The number of H-pyrrole nitrogens is 1. The maximum absolute atomic E-state index is 12.3. The molecular weight excluding hydrogens is 433 g/mol. The molecule has 0 amide bonds. The molecule has 0 radical (unpaired) electrons. The van der Waals surface area contributed by atoms with E-state index in [4.69, 9.17) is 0 Å². The zero-order chi connectivity index (χ0) is 19.7. The Morgan fingerprint density at radius 3 is 2.50 bits per heavy atom. The Morgan fingerprint density at radius 1 is 1.00 bits per heavy atom. The van der Waals surface area contributed by atoms with E-state index in [9.17, 15) is 13.2 Å². The van der Waals surface area contributed by atoms with E-state index < -0.39 is 6.36 Å². The molecule has 0 fully saturated rings. The number of hydrogen-bond donors (Lipinski definition) is 1. The maximum atomic E-state index is 12.3. The number of rotatable bonds is 4. The van der Waals surface area contributed by atoms with Crippen LogP contribution in [0.4, 0.5) is 13.2 Å². The van der Waals surface area contributed by atoms with Gasteiger partial charge in [-0.25, -0.2) is 4.98 Å². The highest BCUT2D eigenvalue weighted by Gasteiger charge is 2.31. The topological polar surface area (TPSA) is 37.9 Å². The molecule has 2 aromatic carbocycles. The van der Waals surface area contributed by atoms with Crippen LogP contribution in [-0.2, 0) is 6.42 Å². The average molecular weight is 447 g/mol. The second-order valence-electron chi connectivity index (χ2n) is 6.27. The first-order valence-corrected chi connectivity index (χ1v) is 9.24. The zero-order valence-corrected chi connectivity index (χ0v) is 16.0. The highest BCUT2D eigenvalue weighted by Crippen LogP contribution is 2.32. The molecule has 0 saturated carbocycles. The van der Waals surface area contributed by atoms with Gasteiger partial charge in [-0.2, -0.15) is 0 Å². The normalized spacial score (nSPS) is 11.7. The SMILES string of the molecule is FC(F)(F)Oc1ccc(-c2cccc3cc(Cc4cccnc4Br)[nH]c23)cc1. The molecule has 4 rings (SSSR count). The number of pyridine rings is 1. The van der Waals surface area contributed by atoms with Gasteiger partial charge in [0.05, 0.1) is 5.52 Å². The fourth-order valence-electron chi connectivity index (χ4n) is 3.14. The van der Waals surface area contributed by atoms with Crippen LogP contribution in [-0.4, -0.2) is 16.3 Å². The molecule has 2 aromatic heterocycles. The van der Waals surface area contributed by atoms with Crippen molar-refractivity contribution in [3.8, 4) is 16.9 Å². The van der Waals surface area contributed by atoms with Crippen LogP contribution in [0.15, 0.2) is 71.5 Å². The summed E-state index contributed by atoms with van der Waals surface area (Å²) in [6, 6.07) is 17.7. The third-order valence-electron chi connectivity index (χ3n) is 4.33. The van der Waals surface area contributed by atoms with Crippen LogP contribution in [0.5, 0.6) is 5.75 Å². The quantitative estimate of drug-likeness (QED) is 0.364. The summed E-state index contributed by atoms with van der Waals surface area (Å²) in [6.07, 6.45) is -2.29. The third-order valence-corrected chi connectivity index (χ3v) is 5.04. The lowest BCUT2D eigenvalue weighted by atomic mass is 10.0. The lowest BCUT2D eigenvalue weighted by molar-refractivity contribution is -0.274. The van der Waals surface area contributed by atoms with E-state index in [-0.39, 0.29) is 5.75 Å². The number of aromatic amines is 1. The van der Waals surface area contributed by atoms with Crippen molar-refractivity contribution in [1.82, 2.24) is 9.97 Å². The minimum Gasteiger partial charge on any atom is -0.406 e. The molecule has 142 valence electrons. The van der Waals surface area contributed by atoms with Crippen molar-refractivity contribution in [2.75, 3.05) is 0 Å². The van der Waals surface area contributed by atoms with Gasteiger partial charge in [-0.3, -0.25) is 0 Å². The van der Waals surface area contributed by atoms with Crippen LogP contribution in [0.3, 0.4) is 0 Å². The number of alkyl halides is 3. The summed E-state index contributed by atoms with van der Waals surface area (Å²) in [5.74, 6) is -0.239. The molecule has 0 bridgehead atoms. The largest absolute Gasteiger partial charge is 0.573 e. The Balaban J connectivity index is 1.67. The fourth-order valence-corrected chi connectivity index (χ4v) is 3.53. The average Bonchev–Trinajstić information content (AvgIpc) is 3.05. The lowest BCUT2D eigenvalue weighted by Gasteiger charge is -2.10. The second-order valence-corrected chi connectivity index (χ2v) is 7.02. The number of aromatic nitrogens is 2. The number of benzene rings is 2. The molecule has 0 spiro atoms. The number of ether oxygens (including phenoxy) is 1.